The number of para-hydroxylation sites is 1. The third-order valence-corrected chi connectivity index (χ3v) is 2.11. The van der Waals surface area contributed by atoms with Crippen LogP contribution in [-0.4, -0.2) is 28.2 Å². The number of aliphatic carboxylic acids is 1. The normalized spacial score (nSPS) is 12.1. The maximum absolute atomic E-state index is 10.4. The van der Waals surface area contributed by atoms with Crippen LogP contribution >= 0.6 is 11.6 Å². The largest absolute Gasteiger partial charge is 0.491 e. The summed E-state index contributed by atoms with van der Waals surface area (Å²) in [4.78, 5) is 10.4. The molecular weight excluding hydrogens is 220 g/mol. The van der Waals surface area contributed by atoms with Gasteiger partial charge >= 0.3 is 5.97 Å². The molecule has 82 valence electrons. The van der Waals surface area contributed by atoms with Crippen molar-refractivity contribution in [1.82, 2.24) is 0 Å². The lowest BCUT2D eigenvalue weighted by atomic mass is 10.2. The highest BCUT2D eigenvalue weighted by Gasteiger charge is 2.14. The van der Waals surface area contributed by atoms with Crippen molar-refractivity contribution < 1.29 is 19.7 Å². The number of halogens is 1. The van der Waals surface area contributed by atoms with Crippen LogP contribution in [0.1, 0.15) is 5.56 Å². The average molecular weight is 231 g/mol. The Morgan fingerprint density at radius 3 is 2.73 bits per heavy atom. The second-order valence-electron chi connectivity index (χ2n) is 2.88. The molecule has 1 rings (SSSR count). The minimum atomic E-state index is -1.13. The maximum Gasteiger partial charge on any atom is 0.325 e. The van der Waals surface area contributed by atoms with E-state index in [9.17, 15) is 4.79 Å². The van der Waals surface area contributed by atoms with E-state index in [4.69, 9.17) is 26.6 Å². The molecule has 1 aromatic carbocycles. The van der Waals surface area contributed by atoms with Crippen molar-refractivity contribution in [3.63, 3.8) is 0 Å². The Bertz CT molecular complexity index is 340. The number of aliphatic hydroxyl groups excluding tert-OH is 1. The zero-order valence-corrected chi connectivity index (χ0v) is 8.65. The fourth-order valence-corrected chi connectivity index (χ4v) is 1.07. The lowest BCUT2D eigenvalue weighted by molar-refractivity contribution is -0.137. The highest BCUT2D eigenvalue weighted by atomic mass is 35.5. The van der Waals surface area contributed by atoms with E-state index >= 15 is 0 Å². The standard InChI is InChI=1S/C10H11ClO4/c11-8(10(13)14)6-15-9-4-2-1-3-7(9)5-12/h1-4,8,12H,5-6H2,(H,13,14). The molecule has 4 nitrogen and oxygen atoms in total. The van der Waals surface area contributed by atoms with Crippen molar-refractivity contribution in [2.75, 3.05) is 6.61 Å². The zero-order valence-electron chi connectivity index (χ0n) is 7.89. The van der Waals surface area contributed by atoms with Gasteiger partial charge in [0.15, 0.2) is 5.38 Å². The number of alkyl halides is 1. The summed E-state index contributed by atoms with van der Waals surface area (Å²) in [6.45, 7) is -0.288. The highest BCUT2D eigenvalue weighted by molar-refractivity contribution is 6.29. The Kier molecular flexibility index (Phi) is 4.39. The molecule has 15 heavy (non-hydrogen) atoms. The third-order valence-electron chi connectivity index (χ3n) is 1.80. The van der Waals surface area contributed by atoms with Crippen LogP contribution in [0.3, 0.4) is 0 Å². The summed E-state index contributed by atoms with van der Waals surface area (Å²) in [6, 6.07) is 6.84. The number of rotatable bonds is 5. The van der Waals surface area contributed by atoms with Crippen molar-refractivity contribution in [1.29, 1.82) is 0 Å². The lowest BCUT2D eigenvalue weighted by Crippen LogP contribution is -2.21. The van der Waals surface area contributed by atoms with Crippen LogP contribution in [0.25, 0.3) is 0 Å². The van der Waals surface area contributed by atoms with Crippen molar-refractivity contribution in [2.24, 2.45) is 0 Å². The monoisotopic (exact) mass is 230 g/mol. The first-order valence-electron chi connectivity index (χ1n) is 4.33. The number of carbonyl (C=O) groups is 1. The van der Waals surface area contributed by atoms with Gasteiger partial charge in [-0.2, -0.15) is 0 Å². The van der Waals surface area contributed by atoms with Gasteiger partial charge in [0, 0.05) is 5.56 Å². The van der Waals surface area contributed by atoms with Gasteiger partial charge in [-0.05, 0) is 6.07 Å². The van der Waals surface area contributed by atoms with Crippen LogP contribution in [-0.2, 0) is 11.4 Å². The van der Waals surface area contributed by atoms with E-state index in [1.165, 1.54) is 0 Å². The van der Waals surface area contributed by atoms with Crippen LogP contribution in [0, 0.1) is 0 Å². The zero-order chi connectivity index (χ0) is 11.3. The number of hydrogen-bond acceptors (Lipinski definition) is 3. The summed E-state index contributed by atoms with van der Waals surface area (Å²) in [5.74, 6) is -0.676. The van der Waals surface area contributed by atoms with E-state index in [1.807, 2.05) is 0 Å². The molecule has 0 fully saturated rings. The quantitative estimate of drug-likeness (QED) is 0.748. The van der Waals surface area contributed by atoms with Gasteiger partial charge in [-0.1, -0.05) is 18.2 Å². The van der Waals surface area contributed by atoms with E-state index in [1.54, 1.807) is 24.3 Å². The molecule has 0 amide bonds. The fourth-order valence-electron chi connectivity index (χ4n) is 1.01. The Morgan fingerprint density at radius 2 is 2.13 bits per heavy atom. The van der Waals surface area contributed by atoms with E-state index in [0.29, 0.717) is 11.3 Å². The van der Waals surface area contributed by atoms with Gasteiger partial charge in [-0.15, -0.1) is 11.6 Å². The molecule has 0 saturated heterocycles. The molecule has 1 unspecified atom stereocenters. The number of ether oxygens (including phenoxy) is 1. The molecule has 1 atom stereocenters. The van der Waals surface area contributed by atoms with Gasteiger partial charge in [0.2, 0.25) is 0 Å². The lowest BCUT2D eigenvalue weighted by Gasteiger charge is -2.10. The molecule has 0 bridgehead atoms. The Hall–Kier alpha value is -1.26. The summed E-state index contributed by atoms with van der Waals surface area (Å²) in [7, 11) is 0. The number of carboxylic acid groups (broad SMARTS) is 1. The molecular formula is C10H11ClO4. The minimum Gasteiger partial charge on any atom is -0.491 e. The molecule has 5 heteroatoms. The molecule has 0 spiro atoms. The number of carboxylic acids is 1. The maximum atomic E-state index is 10.4. The second-order valence-corrected chi connectivity index (χ2v) is 3.41. The van der Waals surface area contributed by atoms with E-state index in [0.717, 1.165) is 0 Å². The molecule has 0 aliphatic rings. The van der Waals surface area contributed by atoms with Gasteiger partial charge < -0.3 is 14.9 Å². The van der Waals surface area contributed by atoms with Crippen molar-refractivity contribution in [3.05, 3.63) is 29.8 Å². The fraction of sp³-hybridized carbons (Fsp3) is 0.300. The summed E-state index contributed by atoms with van der Waals surface area (Å²) in [6.07, 6.45) is 0. The average Bonchev–Trinajstić information content (AvgIpc) is 2.26. The third kappa shape index (κ3) is 3.42. The van der Waals surface area contributed by atoms with Crippen molar-refractivity contribution in [2.45, 2.75) is 12.0 Å². The summed E-state index contributed by atoms with van der Waals surface area (Å²) in [5.41, 5.74) is 0.603. The van der Waals surface area contributed by atoms with E-state index in [2.05, 4.69) is 0 Å². The molecule has 2 N–H and O–H groups in total. The predicted octanol–water partition coefficient (Wildman–Crippen LogP) is 1.25. The van der Waals surface area contributed by atoms with Gasteiger partial charge in [-0.25, -0.2) is 0 Å². The Balaban J connectivity index is 2.60. The van der Waals surface area contributed by atoms with Gasteiger partial charge in [-0.3, -0.25) is 4.79 Å². The van der Waals surface area contributed by atoms with Crippen LogP contribution in [0.15, 0.2) is 24.3 Å². The predicted molar refractivity (Wildman–Crippen MR) is 55.1 cm³/mol. The molecule has 0 heterocycles. The molecule has 0 aliphatic heterocycles. The van der Waals surface area contributed by atoms with Crippen molar-refractivity contribution in [3.8, 4) is 5.75 Å². The van der Waals surface area contributed by atoms with Crippen LogP contribution in [0.5, 0.6) is 5.75 Å². The molecule has 1 aromatic rings. The molecule has 0 aliphatic carbocycles. The second kappa shape index (κ2) is 5.58. The first-order valence-corrected chi connectivity index (χ1v) is 4.77. The minimum absolute atomic E-state index is 0.131. The first-order chi connectivity index (χ1) is 7.15. The first kappa shape index (κ1) is 11.8. The van der Waals surface area contributed by atoms with E-state index < -0.39 is 11.3 Å². The number of hydrogen-bond donors (Lipinski definition) is 2. The van der Waals surface area contributed by atoms with Crippen molar-refractivity contribution >= 4 is 17.6 Å². The van der Waals surface area contributed by atoms with Gasteiger partial charge in [0.05, 0.1) is 6.61 Å². The highest BCUT2D eigenvalue weighted by Crippen LogP contribution is 2.18. The van der Waals surface area contributed by atoms with E-state index in [-0.39, 0.29) is 13.2 Å². The molecule has 0 saturated carbocycles. The van der Waals surface area contributed by atoms with Gasteiger partial charge in [0.25, 0.3) is 0 Å². The smallest absolute Gasteiger partial charge is 0.325 e. The summed E-state index contributed by atoms with van der Waals surface area (Å²) >= 11 is 5.47. The Morgan fingerprint density at radius 1 is 1.47 bits per heavy atom. The van der Waals surface area contributed by atoms with Gasteiger partial charge in [0.1, 0.15) is 12.4 Å². The molecule has 0 aromatic heterocycles. The molecule has 0 radical (unpaired) electrons. The van der Waals surface area contributed by atoms with Crippen LogP contribution in [0.4, 0.5) is 0 Å². The SMILES string of the molecule is O=C(O)C(Cl)COc1ccccc1CO. The van der Waals surface area contributed by atoms with Crippen LogP contribution < -0.4 is 4.74 Å². The number of benzene rings is 1. The Labute approximate surface area is 92.1 Å². The summed E-state index contributed by atoms with van der Waals surface area (Å²) < 4.78 is 5.18. The number of aliphatic hydroxyl groups is 1. The topological polar surface area (TPSA) is 66.8 Å². The van der Waals surface area contributed by atoms with Crippen LogP contribution in [0.2, 0.25) is 0 Å². The summed E-state index contributed by atoms with van der Waals surface area (Å²) in [5, 5.41) is 16.4.